The van der Waals surface area contributed by atoms with Gasteiger partial charge in [-0.15, -0.1) is 0 Å². The Morgan fingerprint density at radius 1 is 1.06 bits per heavy atom. The van der Waals surface area contributed by atoms with E-state index in [9.17, 15) is 4.57 Å². The Balaban J connectivity index is 1.36. The molecule has 4 aromatic rings. The number of aromatic amines is 2. The van der Waals surface area contributed by atoms with Gasteiger partial charge in [0.25, 0.3) is 0 Å². The monoisotopic (exact) mass is 438 g/mol. The first-order valence-electron chi connectivity index (χ1n) is 10.8. The second-order valence-corrected chi connectivity index (χ2v) is 9.57. The third kappa shape index (κ3) is 4.26. The minimum Gasteiger partial charge on any atom is -0.492 e. The summed E-state index contributed by atoms with van der Waals surface area (Å²) in [6.07, 6.45) is 3.94. The largest absolute Gasteiger partial charge is 0.492 e. The minimum atomic E-state index is -2.24. The van der Waals surface area contributed by atoms with Crippen molar-refractivity contribution in [1.82, 2.24) is 20.1 Å². The zero-order chi connectivity index (χ0) is 21.2. The molecule has 1 atom stereocenters. The molecule has 2 aromatic heterocycles. The summed E-state index contributed by atoms with van der Waals surface area (Å²) >= 11 is 0. The zero-order valence-electron chi connectivity index (χ0n) is 17.6. The second kappa shape index (κ2) is 8.87. The molecule has 2 aromatic carbocycles. The molecule has 0 aliphatic carbocycles. The molecule has 0 radical (unpaired) electrons. The van der Waals surface area contributed by atoms with Gasteiger partial charge in [0.1, 0.15) is 18.1 Å². The first-order chi connectivity index (χ1) is 15.2. The first kappa shape index (κ1) is 20.3. The SMILES string of the molecule is CO[PH](=O)c1ccc2[nH]nc(-c3cc4cc(OCCN5CCCCC5)ccc4[nH]3)c2c1. The van der Waals surface area contributed by atoms with Crippen molar-refractivity contribution in [2.75, 3.05) is 33.4 Å². The third-order valence-corrected chi connectivity index (χ3v) is 7.11. The number of hydrogen-bond acceptors (Lipinski definition) is 5. The highest BCUT2D eigenvalue weighted by Crippen LogP contribution is 2.31. The lowest BCUT2D eigenvalue weighted by Gasteiger charge is -2.26. The van der Waals surface area contributed by atoms with Crippen molar-refractivity contribution in [2.45, 2.75) is 19.3 Å². The number of H-pyrrole nitrogens is 2. The Morgan fingerprint density at radius 2 is 1.90 bits per heavy atom. The van der Waals surface area contributed by atoms with Gasteiger partial charge in [-0.05, 0) is 68.4 Å². The van der Waals surface area contributed by atoms with E-state index in [1.807, 2.05) is 30.3 Å². The molecule has 2 N–H and O–H groups in total. The van der Waals surface area contributed by atoms with Crippen LogP contribution < -0.4 is 10.0 Å². The van der Waals surface area contributed by atoms with Gasteiger partial charge >= 0.3 is 0 Å². The number of piperidine rings is 1. The second-order valence-electron chi connectivity index (χ2n) is 8.01. The van der Waals surface area contributed by atoms with Crippen LogP contribution in [0.4, 0.5) is 0 Å². The van der Waals surface area contributed by atoms with Gasteiger partial charge in [-0.3, -0.25) is 14.6 Å². The van der Waals surface area contributed by atoms with Crippen molar-refractivity contribution in [3.8, 4) is 17.1 Å². The van der Waals surface area contributed by atoms with Crippen LogP contribution in [0.25, 0.3) is 33.2 Å². The molecule has 1 saturated heterocycles. The molecule has 0 saturated carbocycles. The molecular weight excluding hydrogens is 411 g/mol. The van der Waals surface area contributed by atoms with Gasteiger partial charge in [0.2, 0.25) is 8.03 Å². The predicted molar refractivity (Wildman–Crippen MR) is 125 cm³/mol. The topological polar surface area (TPSA) is 83.2 Å². The van der Waals surface area contributed by atoms with Crippen molar-refractivity contribution in [1.29, 1.82) is 0 Å². The van der Waals surface area contributed by atoms with Crippen LogP contribution in [0, 0.1) is 0 Å². The van der Waals surface area contributed by atoms with Crippen LogP contribution in [0.3, 0.4) is 0 Å². The molecule has 1 aliphatic rings. The van der Waals surface area contributed by atoms with Crippen molar-refractivity contribution in [3.63, 3.8) is 0 Å². The molecule has 0 amide bonds. The molecule has 7 nitrogen and oxygen atoms in total. The Labute approximate surface area is 181 Å². The molecular formula is C23H27N4O3P. The Bertz CT molecular complexity index is 1230. The standard InChI is InChI=1S/C23H27N4O3P/c1-29-31(28)18-6-8-21-19(15-18)23(26-25-21)22-14-16-13-17(5-7-20(16)24-22)30-12-11-27-9-3-2-4-10-27/h5-8,13-15,24,31H,2-4,9-12H2,1H3,(H,25,26). The van der Waals surface area contributed by atoms with E-state index in [0.717, 1.165) is 45.5 Å². The van der Waals surface area contributed by atoms with Crippen LogP contribution in [0.5, 0.6) is 5.75 Å². The summed E-state index contributed by atoms with van der Waals surface area (Å²) in [6.45, 7) is 4.04. The maximum absolute atomic E-state index is 12.1. The third-order valence-electron chi connectivity index (χ3n) is 5.96. The van der Waals surface area contributed by atoms with E-state index in [1.165, 1.54) is 39.5 Å². The molecule has 1 fully saturated rings. The zero-order valence-corrected chi connectivity index (χ0v) is 18.6. The lowest BCUT2D eigenvalue weighted by atomic mass is 10.1. The average Bonchev–Trinajstić information content (AvgIpc) is 3.42. The lowest BCUT2D eigenvalue weighted by Crippen LogP contribution is -2.33. The van der Waals surface area contributed by atoms with Crippen LogP contribution in [-0.4, -0.2) is 53.4 Å². The number of aromatic nitrogens is 3. The van der Waals surface area contributed by atoms with Crippen molar-refractivity contribution in [3.05, 3.63) is 42.5 Å². The summed E-state index contributed by atoms with van der Waals surface area (Å²) in [7, 11) is -0.778. The summed E-state index contributed by atoms with van der Waals surface area (Å²) in [5.74, 6) is 0.878. The van der Waals surface area contributed by atoms with Gasteiger partial charge in [-0.2, -0.15) is 5.10 Å². The molecule has 1 aliphatic heterocycles. The van der Waals surface area contributed by atoms with E-state index >= 15 is 0 Å². The van der Waals surface area contributed by atoms with Gasteiger partial charge in [-0.1, -0.05) is 6.42 Å². The predicted octanol–water partition coefficient (Wildman–Crippen LogP) is 4.32. The van der Waals surface area contributed by atoms with Gasteiger partial charge in [0.15, 0.2) is 0 Å². The highest BCUT2D eigenvalue weighted by molar-refractivity contribution is 7.48. The molecule has 162 valence electrons. The van der Waals surface area contributed by atoms with Gasteiger partial charge in [0, 0.05) is 35.2 Å². The minimum absolute atomic E-state index is 0.683. The summed E-state index contributed by atoms with van der Waals surface area (Å²) in [4.78, 5) is 5.92. The lowest BCUT2D eigenvalue weighted by molar-refractivity contribution is 0.183. The number of benzene rings is 2. The van der Waals surface area contributed by atoms with Crippen LogP contribution in [0.1, 0.15) is 19.3 Å². The van der Waals surface area contributed by atoms with E-state index < -0.39 is 8.03 Å². The van der Waals surface area contributed by atoms with Gasteiger partial charge in [0.05, 0.1) is 11.2 Å². The molecule has 3 heterocycles. The molecule has 31 heavy (non-hydrogen) atoms. The number of nitrogens with zero attached hydrogens (tertiary/aromatic N) is 2. The Kier molecular flexibility index (Phi) is 5.81. The van der Waals surface area contributed by atoms with Crippen molar-refractivity contribution in [2.24, 2.45) is 0 Å². The normalized spacial score (nSPS) is 16.2. The average molecular weight is 438 g/mol. The van der Waals surface area contributed by atoms with Gasteiger partial charge < -0.3 is 14.2 Å². The van der Waals surface area contributed by atoms with Crippen molar-refractivity contribution >= 4 is 35.1 Å². The fourth-order valence-electron chi connectivity index (χ4n) is 4.27. The molecule has 1 unspecified atom stereocenters. The summed E-state index contributed by atoms with van der Waals surface area (Å²) < 4.78 is 23.1. The number of hydrogen-bond donors (Lipinski definition) is 2. The quantitative estimate of drug-likeness (QED) is 0.420. The van der Waals surface area contributed by atoms with Crippen LogP contribution >= 0.6 is 8.03 Å². The van der Waals surface area contributed by atoms with Gasteiger partial charge in [-0.25, -0.2) is 0 Å². The maximum atomic E-state index is 12.1. The molecule has 0 bridgehead atoms. The Morgan fingerprint density at radius 3 is 2.74 bits per heavy atom. The highest BCUT2D eigenvalue weighted by atomic mass is 31.1. The number of rotatable bonds is 7. The Hall–Kier alpha value is -2.60. The molecule has 5 rings (SSSR count). The summed E-state index contributed by atoms with van der Waals surface area (Å²) in [5, 5.41) is 10.2. The van der Waals surface area contributed by atoms with Crippen LogP contribution in [0.15, 0.2) is 42.5 Å². The number of nitrogens with one attached hydrogen (secondary N) is 2. The fraction of sp³-hybridized carbons (Fsp3) is 0.348. The summed E-state index contributed by atoms with van der Waals surface area (Å²) in [6, 6.07) is 13.8. The summed E-state index contributed by atoms with van der Waals surface area (Å²) in [5.41, 5.74) is 3.62. The van der Waals surface area contributed by atoms with Crippen LogP contribution in [-0.2, 0) is 9.09 Å². The van der Waals surface area contributed by atoms with E-state index in [4.69, 9.17) is 9.26 Å². The maximum Gasteiger partial charge on any atom is 0.220 e. The van der Waals surface area contributed by atoms with E-state index in [1.54, 1.807) is 0 Å². The fourth-order valence-corrected chi connectivity index (χ4v) is 4.99. The number of fused-ring (bicyclic) bond motifs is 2. The highest BCUT2D eigenvalue weighted by Gasteiger charge is 2.14. The van der Waals surface area contributed by atoms with Crippen LogP contribution in [0.2, 0.25) is 0 Å². The smallest absolute Gasteiger partial charge is 0.220 e. The molecule has 8 heteroatoms. The van der Waals surface area contributed by atoms with E-state index in [0.29, 0.717) is 11.9 Å². The number of likely N-dealkylation sites (tertiary alicyclic amines) is 1. The molecule has 0 spiro atoms. The van der Waals surface area contributed by atoms with Crippen molar-refractivity contribution < 1.29 is 13.8 Å². The van der Waals surface area contributed by atoms with E-state index in [-0.39, 0.29) is 0 Å². The first-order valence-corrected chi connectivity index (χ1v) is 12.1. The number of ether oxygens (including phenoxy) is 1. The van der Waals surface area contributed by atoms with E-state index in [2.05, 4.69) is 32.2 Å².